The lowest BCUT2D eigenvalue weighted by Gasteiger charge is -2.21. The first-order chi connectivity index (χ1) is 11.1. The van der Waals surface area contributed by atoms with E-state index in [2.05, 4.69) is 10.3 Å². The first-order valence-corrected chi connectivity index (χ1v) is 8.38. The van der Waals surface area contributed by atoms with Crippen molar-refractivity contribution < 1.29 is 14.6 Å². The van der Waals surface area contributed by atoms with Gasteiger partial charge in [0.25, 0.3) is 0 Å². The average molecular weight is 351 g/mol. The second-order valence-corrected chi connectivity index (χ2v) is 6.58. The minimum atomic E-state index is -0.410. The third-order valence-electron chi connectivity index (χ3n) is 3.50. The molecular formula is C16H15ClN2O3S. The molecule has 2 unspecified atom stereocenters. The fourth-order valence-electron chi connectivity index (χ4n) is 2.46. The summed E-state index contributed by atoms with van der Waals surface area (Å²) in [6, 6.07) is 6.52. The maximum absolute atomic E-state index is 12.3. The minimum Gasteiger partial charge on any atom is -0.506 e. The number of ether oxygens (including phenoxy) is 1. The number of phenols is 1. The molecule has 0 bridgehead atoms. The van der Waals surface area contributed by atoms with Crippen molar-refractivity contribution in [3.8, 4) is 5.75 Å². The summed E-state index contributed by atoms with van der Waals surface area (Å²) in [4.78, 5) is 17.3. The van der Waals surface area contributed by atoms with Gasteiger partial charge in [0.2, 0.25) is 0 Å². The largest absolute Gasteiger partial charge is 0.506 e. The molecule has 2 atom stereocenters. The number of nitrogens with zero attached hydrogens (tertiary/aromatic N) is 1. The predicted octanol–water partition coefficient (Wildman–Crippen LogP) is 3.63. The highest BCUT2D eigenvalue weighted by Gasteiger charge is 2.39. The first-order valence-electron chi connectivity index (χ1n) is 7.12. The maximum atomic E-state index is 12.3. The number of anilines is 1. The SMILES string of the molecule is CCOC(=O)C1Sc2cnccc2C1Nc1ccc(Cl)c(O)c1. The van der Waals surface area contributed by atoms with Gasteiger partial charge < -0.3 is 15.2 Å². The molecule has 23 heavy (non-hydrogen) atoms. The zero-order valence-corrected chi connectivity index (χ0v) is 13.9. The van der Waals surface area contributed by atoms with Crippen molar-refractivity contribution in [1.82, 2.24) is 4.98 Å². The van der Waals surface area contributed by atoms with E-state index in [9.17, 15) is 9.90 Å². The van der Waals surface area contributed by atoms with Crippen LogP contribution in [-0.4, -0.2) is 27.9 Å². The lowest BCUT2D eigenvalue weighted by atomic mass is 10.0. The molecule has 0 amide bonds. The Labute approximate surface area is 143 Å². The highest BCUT2D eigenvalue weighted by molar-refractivity contribution is 8.01. The Bertz CT molecular complexity index is 741. The van der Waals surface area contributed by atoms with Gasteiger partial charge in [0, 0.05) is 29.0 Å². The number of aromatic hydroxyl groups is 1. The number of esters is 1. The lowest BCUT2D eigenvalue weighted by molar-refractivity contribution is -0.142. The highest BCUT2D eigenvalue weighted by atomic mass is 35.5. The van der Waals surface area contributed by atoms with Gasteiger partial charge in [-0.25, -0.2) is 0 Å². The Morgan fingerprint density at radius 3 is 3.04 bits per heavy atom. The van der Waals surface area contributed by atoms with E-state index in [0.29, 0.717) is 12.3 Å². The topological polar surface area (TPSA) is 71.5 Å². The van der Waals surface area contributed by atoms with E-state index in [1.807, 2.05) is 6.07 Å². The Hall–Kier alpha value is -1.92. The molecule has 1 aliphatic heterocycles. The Morgan fingerprint density at radius 1 is 1.48 bits per heavy atom. The Kier molecular flexibility index (Phi) is 4.63. The van der Waals surface area contributed by atoms with Crippen LogP contribution in [0.4, 0.5) is 5.69 Å². The van der Waals surface area contributed by atoms with Crippen LogP contribution in [0.3, 0.4) is 0 Å². The van der Waals surface area contributed by atoms with Gasteiger partial charge in [-0.3, -0.25) is 9.78 Å². The molecule has 1 aromatic heterocycles. The molecule has 0 spiro atoms. The number of thioether (sulfide) groups is 1. The van der Waals surface area contributed by atoms with Crippen LogP contribution in [0.15, 0.2) is 41.6 Å². The average Bonchev–Trinajstić information content (AvgIpc) is 2.90. The normalized spacial score (nSPS) is 19.2. The van der Waals surface area contributed by atoms with Crippen molar-refractivity contribution in [2.24, 2.45) is 0 Å². The summed E-state index contributed by atoms with van der Waals surface area (Å²) in [5.74, 6) is -0.283. The molecule has 0 radical (unpaired) electrons. The van der Waals surface area contributed by atoms with E-state index in [1.165, 1.54) is 17.8 Å². The number of halogens is 1. The maximum Gasteiger partial charge on any atom is 0.321 e. The summed E-state index contributed by atoms with van der Waals surface area (Å²) in [5, 5.41) is 12.9. The van der Waals surface area contributed by atoms with E-state index in [-0.39, 0.29) is 22.8 Å². The molecule has 0 saturated heterocycles. The third-order valence-corrected chi connectivity index (χ3v) is 5.13. The minimum absolute atomic E-state index is 0.00930. The van der Waals surface area contributed by atoms with Crippen LogP contribution in [0, 0.1) is 0 Å². The number of pyridine rings is 1. The summed E-state index contributed by atoms with van der Waals surface area (Å²) in [6.45, 7) is 2.12. The summed E-state index contributed by atoms with van der Waals surface area (Å²) < 4.78 is 5.18. The number of aromatic nitrogens is 1. The molecule has 0 fully saturated rings. The molecule has 2 heterocycles. The number of carbonyl (C=O) groups excluding carboxylic acids is 1. The number of nitrogens with one attached hydrogen (secondary N) is 1. The monoisotopic (exact) mass is 350 g/mol. The number of hydrogen-bond acceptors (Lipinski definition) is 6. The fraction of sp³-hybridized carbons (Fsp3) is 0.250. The van der Waals surface area contributed by atoms with Crippen LogP contribution in [-0.2, 0) is 9.53 Å². The van der Waals surface area contributed by atoms with E-state index in [1.54, 1.807) is 31.5 Å². The molecular weight excluding hydrogens is 336 g/mol. The Morgan fingerprint density at radius 2 is 2.30 bits per heavy atom. The van der Waals surface area contributed by atoms with Crippen molar-refractivity contribution in [2.45, 2.75) is 23.1 Å². The summed E-state index contributed by atoms with van der Waals surface area (Å²) >= 11 is 7.27. The van der Waals surface area contributed by atoms with Gasteiger partial charge in [0.1, 0.15) is 11.0 Å². The van der Waals surface area contributed by atoms with Gasteiger partial charge in [-0.2, -0.15) is 0 Å². The van der Waals surface area contributed by atoms with E-state index < -0.39 is 5.25 Å². The van der Waals surface area contributed by atoms with Crippen molar-refractivity contribution in [3.63, 3.8) is 0 Å². The second-order valence-electron chi connectivity index (χ2n) is 4.99. The van der Waals surface area contributed by atoms with Gasteiger partial charge in [-0.05, 0) is 30.7 Å². The summed E-state index contributed by atoms with van der Waals surface area (Å²) in [6.07, 6.45) is 3.44. The first kappa shape index (κ1) is 16.0. The fourth-order valence-corrected chi connectivity index (χ4v) is 3.82. The van der Waals surface area contributed by atoms with Crippen molar-refractivity contribution in [2.75, 3.05) is 11.9 Å². The van der Waals surface area contributed by atoms with E-state index in [0.717, 1.165) is 10.5 Å². The van der Waals surface area contributed by atoms with Crippen molar-refractivity contribution >= 4 is 35.0 Å². The second kappa shape index (κ2) is 6.68. The molecule has 7 heteroatoms. The van der Waals surface area contributed by atoms with Crippen LogP contribution in [0.1, 0.15) is 18.5 Å². The van der Waals surface area contributed by atoms with Crippen LogP contribution in [0.25, 0.3) is 0 Å². The third kappa shape index (κ3) is 3.23. The molecule has 0 saturated carbocycles. The number of benzene rings is 1. The van der Waals surface area contributed by atoms with Gasteiger partial charge in [0.05, 0.1) is 17.7 Å². The Balaban J connectivity index is 1.91. The van der Waals surface area contributed by atoms with Crippen LogP contribution >= 0.6 is 23.4 Å². The quantitative estimate of drug-likeness (QED) is 0.820. The number of phenolic OH excluding ortho intramolecular Hbond substituents is 1. The van der Waals surface area contributed by atoms with E-state index >= 15 is 0 Å². The van der Waals surface area contributed by atoms with Gasteiger partial charge >= 0.3 is 5.97 Å². The zero-order valence-electron chi connectivity index (χ0n) is 12.3. The van der Waals surface area contributed by atoms with Gasteiger partial charge in [0.15, 0.2) is 0 Å². The molecule has 3 rings (SSSR count). The van der Waals surface area contributed by atoms with Gasteiger partial charge in [-0.1, -0.05) is 11.6 Å². The van der Waals surface area contributed by atoms with Gasteiger partial charge in [-0.15, -0.1) is 11.8 Å². The predicted molar refractivity (Wildman–Crippen MR) is 90.0 cm³/mol. The number of hydrogen-bond donors (Lipinski definition) is 2. The number of fused-ring (bicyclic) bond motifs is 1. The summed E-state index contributed by atoms with van der Waals surface area (Å²) in [5.41, 5.74) is 1.66. The highest BCUT2D eigenvalue weighted by Crippen LogP contribution is 2.46. The molecule has 1 aliphatic rings. The van der Waals surface area contributed by atoms with Crippen molar-refractivity contribution in [1.29, 1.82) is 0 Å². The zero-order chi connectivity index (χ0) is 16.4. The molecule has 1 aromatic carbocycles. The van der Waals surface area contributed by atoms with E-state index in [4.69, 9.17) is 16.3 Å². The molecule has 0 aliphatic carbocycles. The molecule has 120 valence electrons. The standard InChI is InChI=1S/C16H15ClN2O3S/c1-2-22-16(21)15-14(10-5-6-18-8-13(10)23-15)19-9-3-4-11(17)12(20)7-9/h3-8,14-15,19-20H,2H2,1H3. The smallest absolute Gasteiger partial charge is 0.321 e. The molecule has 2 aromatic rings. The van der Waals surface area contributed by atoms with Crippen LogP contribution in [0.5, 0.6) is 5.75 Å². The van der Waals surface area contributed by atoms with Crippen LogP contribution in [0.2, 0.25) is 5.02 Å². The van der Waals surface area contributed by atoms with Crippen molar-refractivity contribution in [3.05, 3.63) is 47.2 Å². The molecule has 5 nitrogen and oxygen atoms in total. The molecule has 2 N–H and O–H groups in total. The lowest BCUT2D eigenvalue weighted by Crippen LogP contribution is -2.28. The summed E-state index contributed by atoms with van der Waals surface area (Å²) in [7, 11) is 0. The number of carbonyl (C=O) groups is 1. The van der Waals surface area contributed by atoms with Crippen LogP contribution < -0.4 is 5.32 Å². The number of rotatable bonds is 4.